The molecule has 712 valence electrons. The molecule has 134 heavy (non-hydrogen) atoms. The van der Waals surface area contributed by atoms with Gasteiger partial charge in [-0.3, -0.25) is 63.7 Å². The summed E-state index contributed by atoms with van der Waals surface area (Å²) < 4.78 is 572. The standard InChI is InChI=1S/C40H60N2O62S16.14Na/c1-2-3-24(41-16-4-8-18(9-5-16)105-39-35(103-119(79,80)81)29(97-113(61,62)63)25(20(91-39)12-85-107(43,44)45)93-37-33(101-117(73,74)75)31(99-115(67,68)69)27(95-111(55,56)57)22(89-37)14-87-109(49,50)51)42-17-6-10-19(11-7-17)106-40-36(104-120(82,83)84)30(98-114(64,65)66)26(21(92-40)13-86-108(46,47)48)94-38-34(102-118(76,77)78)32(100-116(70,71)72)28(96-112(58,59)60)23(90-38)15-88-110(52,53)54;;;;;;;;;;;;;;/h4-11,20-42H,2-3,12-15H2,1H3,(H,43,44,45)(H,46,47,48)(H,49,50,51)(H,52,53,54)(H,55,56,57)(H,58,59,60)(H,61,62,63)(H,64,65,66)(H,67,68,69)(H,70,71,72)(H,73,74,75)(H,76,77,78)(H,79,80,81)(H,82,83,84);;;;;;;;;;;;;;/t20-,21-,22-,23-,25-,26-,27-,28-,29+,30+,31+,32+,33-,34-,35-,36-,37-,38-,39+,40+;;;;;;;;;;;;;;/m1............../s1. The van der Waals surface area contributed by atoms with Crippen molar-refractivity contribution in [1.82, 2.24) is 0 Å². The zero-order valence-corrected chi connectivity index (χ0v) is 112. The van der Waals surface area contributed by atoms with Crippen molar-refractivity contribution in [3.63, 3.8) is 0 Å². The first kappa shape index (κ1) is 162. The largest absolute Gasteiger partial charge is 0.397 e. The monoisotopic (exact) mass is 2390 g/mol. The summed E-state index contributed by atoms with van der Waals surface area (Å²) >= 11 is 0.288. The van der Waals surface area contributed by atoms with Gasteiger partial charge in [0, 0.05) is 435 Å². The summed E-state index contributed by atoms with van der Waals surface area (Å²) in [7, 11) is -85.5. The van der Waals surface area contributed by atoms with Crippen LogP contribution in [-0.4, -0.2) is 749 Å². The van der Waals surface area contributed by atoms with Crippen LogP contribution in [0, 0.1) is 0 Å². The molecule has 4 heterocycles. The van der Waals surface area contributed by atoms with E-state index in [9.17, 15) is 182 Å². The van der Waals surface area contributed by atoms with E-state index in [-0.39, 0.29) is 471 Å². The molecular weight excluding hydrogens is 2340 g/mol. The minimum absolute atomic E-state index is 0. The van der Waals surface area contributed by atoms with E-state index in [0.717, 1.165) is 24.3 Å². The Kier molecular flexibility index (Phi) is 82.1. The molecule has 0 aliphatic carbocycles. The van der Waals surface area contributed by atoms with Crippen molar-refractivity contribution < 1.29 is 269 Å². The first-order valence-corrected chi connectivity index (χ1v) is 50.9. The summed E-state index contributed by atoms with van der Waals surface area (Å²) in [6.45, 7) is -6.00. The van der Waals surface area contributed by atoms with Gasteiger partial charge in [0.15, 0.2) is 24.8 Å². The van der Waals surface area contributed by atoms with Crippen molar-refractivity contribution in [3.8, 4) is 0 Å². The van der Waals surface area contributed by atoms with Crippen molar-refractivity contribution in [1.29, 1.82) is 0 Å². The minimum atomic E-state index is -6.30. The van der Waals surface area contributed by atoms with Gasteiger partial charge in [-0.2, -0.15) is 118 Å². The van der Waals surface area contributed by atoms with Crippen LogP contribution < -0.4 is 10.6 Å². The van der Waals surface area contributed by atoms with Gasteiger partial charge in [0.25, 0.3) is 0 Å². The average Bonchev–Trinajstić information content (AvgIpc) is 0.756. The molecule has 16 N–H and O–H groups in total. The molecule has 4 saturated heterocycles. The fourth-order valence-electron chi connectivity index (χ4n) is 10.6. The van der Waals surface area contributed by atoms with Crippen LogP contribution in [0.3, 0.4) is 0 Å². The van der Waals surface area contributed by atoms with Gasteiger partial charge >= 0.3 is 146 Å². The van der Waals surface area contributed by atoms with Crippen LogP contribution in [-0.2, 0) is 233 Å². The average molecular weight is 2400 g/mol. The molecule has 0 aromatic heterocycles. The van der Waals surface area contributed by atoms with Crippen LogP contribution in [0.2, 0.25) is 0 Å². The number of ether oxygens (including phenoxy) is 6. The molecule has 0 amide bonds. The van der Waals surface area contributed by atoms with Crippen LogP contribution in [0.1, 0.15) is 19.8 Å². The Bertz CT molecular complexity index is 5320. The van der Waals surface area contributed by atoms with Crippen LogP contribution in [0.15, 0.2) is 58.3 Å². The summed E-state index contributed by atoms with van der Waals surface area (Å²) in [5, 5.41) is 6.00. The van der Waals surface area contributed by atoms with Gasteiger partial charge in [0.1, 0.15) is 96.3 Å². The van der Waals surface area contributed by atoms with E-state index in [1.165, 1.54) is 24.3 Å². The summed E-state index contributed by atoms with van der Waals surface area (Å²) in [4.78, 5) is -0.468. The van der Waals surface area contributed by atoms with Gasteiger partial charge in [-0.25, -0.2) is 58.6 Å². The maximum atomic E-state index is 12.7. The van der Waals surface area contributed by atoms with Crippen LogP contribution in [0.5, 0.6) is 0 Å². The predicted octanol–water partition coefficient (Wildman–Crippen LogP) is -12.0. The molecule has 4 aliphatic rings. The maximum absolute atomic E-state index is 12.7. The first-order valence-electron chi connectivity index (χ1n) is 30.1. The number of anilines is 2. The third-order valence-electron chi connectivity index (χ3n) is 14.3. The van der Waals surface area contributed by atoms with Crippen LogP contribution >= 0.6 is 23.5 Å². The third-order valence-corrected chi connectivity index (χ3v) is 23.0. The van der Waals surface area contributed by atoms with E-state index in [0.29, 0.717) is 0 Å². The van der Waals surface area contributed by atoms with E-state index in [4.69, 9.17) is 28.4 Å². The van der Waals surface area contributed by atoms with Gasteiger partial charge in [-0.15, -0.1) is 0 Å². The molecule has 64 nitrogen and oxygen atoms in total. The number of nitrogens with one attached hydrogen (secondary N) is 2. The first-order chi connectivity index (χ1) is 54.0. The van der Waals surface area contributed by atoms with Crippen LogP contribution in [0.25, 0.3) is 0 Å². The zero-order valence-electron chi connectivity index (χ0n) is 71.4. The second-order valence-corrected chi connectivity index (χ2v) is 40.2. The molecule has 0 spiro atoms. The molecule has 20 atom stereocenters. The molecular formula is C40H60N2Na14O62S16. The Morgan fingerprint density at radius 2 is 0.448 bits per heavy atom. The molecule has 0 bridgehead atoms. The van der Waals surface area contributed by atoms with E-state index in [1.807, 2.05) is 0 Å². The number of hydrogen-bond donors (Lipinski definition) is 16. The number of rotatable bonds is 46. The van der Waals surface area contributed by atoms with Gasteiger partial charge in [-0.05, 0) is 55.0 Å². The molecule has 0 saturated carbocycles. The molecule has 6 rings (SSSR count). The summed E-state index contributed by atoms with van der Waals surface area (Å²) in [5.74, 6) is 0. The number of thioether (sulfide) groups is 2. The molecule has 2 aromatic rings. The second-order valence-electron chi connectivity index (χ2n) is 23.0. The van der Waals surface area contributed by atoms with Gasteiger partial charge < -0.3 is 39.1 Å². The molecule has 14 radical (unpaired) electrons. The summed E-state index contributed by atoms with van der Waals surface area (Å²) in [6.07, 6.45) is -57.2. The Hall–Kier alpha value is 10.7. The maximum Gasteiger partial charge on any atom is 0.397 e. The quantitative estimate of drug-likeness (QED) is 0.0166. The zero-order chi connectivity index (χ0) is 91.3. The Morgan fingerprint density at radius 1 is 0.261 bits per heavy atom. The molecule has 4 aliphatic heterocycles. The van der Waals surface area contributed by atoms with Crippen molar-refractivity contribution >= 4 is 594 Å². The SMILES string of the molecule is CCCC(Nc1ccc(S[C@@H]2O[C@H](COS(=O)(=O)O)[C@@H](O[C@H]3O[C@H](COS(=O)(=O)O)[C@@H](OS(=O)(=O)O)[C@H](OS(=O)(=O)O)[C@H]3OS(=O)(=O)O)[C@H](OS(=O)(=O)O)[C@H]2OS(=O)(=O)O)cc1)Nc1ccc(S[C@@H]2O[C@H](COS(=O)(=O)O)[C@@H](O[C@H]3O[C@H](COS(=O)(=O)O)[C@@H](OS(=O)(=O)O)[C@H](OS(=O)(=O)O)[C@H]3OS(=O)(=O)O)[C@H](OS(=O)(=O)O)[C@H]2OS(=O)(=O)O)cc1.[Na].[Na].[Na].[Na].[Na].[Na].[Na].[Na].[Na].[Na].[Na].[Na].[Na].[Na]. The van der Waals surface area contributed by atoms with Crippen LogP contribution in [0.4, 0.5) is 11.4 Å². The number of benzene rings is 2. The van der Waals surface area contributed by atoms with E-state index in [1.54, 1.807) is 6.92 Å². The fourth-order valence-corrected chi connectivity index (χ4v) is 19.1. The van der Waals surface area contributed by atoms with Crippen molar-refractivity contribution in [2.45, 2.75) is 157 Å². The molecule has 4 fully saturated rings. The van der Waals surface area contributed by atoms with Gasteiger partial charge in [0.05, 0.1) is 32.6 Å². The normalized spacial score (nSPS) is 26.1. The van der Waals surface area contributed by atoms with Gasteiger partial charge in [0.2, 0.25) is 0 Å². The fraction of sp³-hybridized carbons (Fsp3) is 0.700. The van der Waals surface area contributed by atoms with E-state index in [2.05, 4.69) is 69.2 Å². The van der Waals surface area contributed by atoms with Crippen molar-refractivity contribution in [3.05, 3.63) is 48.5 Å². The Labute approximate surface area is 1080 Å². The second kappa shape index (κ2) is 67.8. The van der Waals surface area contributed by atoms with E-state index >= 15 is 0 Å². The summed E-state index contributed by atoms with van der Waals surface area (Å²) in [6, 6.07) is 9.11. The summed E-state index contributed by atoms with van der Waals surface area (Å²) in [5.41, 5.74) is -4.71. The predicted molar refractivity (Wildman–Crippen MR) is 450 cm³/mol. The third kappa shape index (κ3) is 63.9. The Morgan fingerprint density at radius 3 is 0.649 bits per heavy atom. The molecule has 2 aromatic carbocycles. The van der Waals surface area contributed by atoms with E-state index < -0.39 is 299 Å². The minimum Gasteiger partial charge on any atom is -0.365 e. The van der Waals surface area contributed by atoms with Gasteiger partial charge in [-0.1, -0.05) is 36.9 Å². The topological polar surface area (TPSA) is 970 Å². The van der Waals surface area contributed by atoms with Crippen molar-refractivity contribution in [2.75, 3.05) is 37.1 Å². The molecule has 94 heteroatoms. The smallest absolute Gasteiger partial charge is 0.365 e. The molecule has 0 unspecified atom stereocenters. The Balaban J connectivity index is -0.00000159. The number of hydrogen-bond acceptors (Lipinski definition) is 52. The van der Waals surface area contributed by atoms with Crippen molar-refractivity contribution in [2.24, 2.45) is 0 Å².